The Hall–Kier alpha value is -1.14. The highest BCUT2D eigenvalue weighted by atomic mass is 79.9. The van der Waals surface area contributed by atoms with E-state index in [0.29, 0.717) is 17.6 Å². The van der Waals surface area contributed by atoms with E-state index in [9.17, 15) is 9.18 Å². The summed E-state index contributed by atoms with van der Waals surface area (Å²) in [6, 6.07) is 4.34. The van der Waals surface area contributed by atoms with E-state index in [-0.39, 0.29) is 11.7 Å². The second-order valence-corrected chi connectivity index (χ2v) is 4.89. The fraction of sp³-hybridized carbons (Fsp3) is 0.462. The van der Waals surface area contributed by atoms with Crippen molar-refractivity contribution >= 4 is 21.8 Å². The summed E-state index contributed by atoms with van der Waals surface area (Å²) in [4.78, 5) is 11.7. The molecule has 1 rings (SSSR count). The highest BCUT2D eigenvalue weighted by molar-refractivity contribution is 9.10. The van der Waals surface area contributed by atoms with Gasteiger partial charge >= 0.3 is 0 Å². The lowest BCUT2D eigenvalue weighted by Gasteiger charge is -2.15. The van der Waals surface area contributed by atoms with Gasteiger partial charge in [-0.1, -0.05) is 15.9 Å². The number of carbonyl (C=O) groups excluding carboxylic acids is 1. The number of methoxy groups -OCH3 is 1. The molecule has 1 unspecified atom stereocenters. The van der Waals surface area contributed by atoms with Crippen molar-refractivity contribution in [2.45, 2.75) is 19.4 Å². The molecule has 4 nitrogen and oxygen atoms in total. The van der Waals surface area contributed by atoms with Crippen molar-refractivity contribution in [2.75, 3.05) is 20.3 Å². The predicted octanol–water partition coefficient (Wildman–Crippen LogP) is 2.51. The highest BCUT2D eigenvalue weighted by Gasteiger charge is 2.16. The second-order valence-electron chi connectivity index (χ2n) is 3.97. The van der Waals surface area contributed by atoms with Crippen LogP contribution in [0.1, 0.15) is 13.3 Å². The van der Waals surface area contributed by atoms with Crippen molar-refractivity contribution < 1.29 is 18.7 Å². The lowest BCUT2D eigenvalue weighted by atomic mass is 10.3. The van der Waals surface area contributed by atoms with E-state index in [1.165, 1.54) is 12.1 Å². The standard InChI is InChI=1S/C13H17BrFNO3/c1-9(13(17)16-6-3-7-18-2)19-12-8-10(14)4-5-11(12)15/h4-5,8-9H,3,6-7H2,1-2H3,(H,16,17). The van der Waals surface area contributed by atoms with E-state index >= 15 is 0 Å². The van der Waals surface area contributed by atoms with Crippen molar-refractivity contribution in [3.63, 3.8) is 0 Å². The largest absolute Gasteiger partial charge is 0.478 e. The van der Waals surface area contributed by atoms with Crippen LogP contribution >= 0.6 is 15.9 Å². The molecular weight excluding hydrogens is 317 g/mol. The fourth-order valence-electron chi connectivity index (χ4n) is 1.38. The van der Waals surface area contributed by atoms with Gasteiger partial charge in [0.25, 0.3) is 5.91 Å². The van der Waals surface area contributed by atoms with Gasteiger partial charge in [0, 0.05) is 24.7 Å². The number of benzene rings is 1. The molecule has 106 valence electrons. The fourth-order valence-corrected chi connectivity index (χ4v) is 1.72. The molecule has 0 saturated carbocycles. The summed E-state index contributed by atoms with van der Waals surface area (Å²) in [6.45, 7) is 2.66. The van der Waals surface area contributed by atoms with E-state index in [4.69, 9.17) is 9.47 Å². The quantitative estimate of drug-likeness (QED) is 0.780. The van der Waals surface area contributed by atoms with E-state index in [1.807, 2.05) is 0 Å². The minimum absolute atomic E-state index is 0.0499. The maximum absolute atomic E-state index is 13.5. The SMILES string of the molecule is COCCCNC(=O)C(C)Oc1cc(Br)ccc1F. The molecular formula is C13H17BrFNO3. The molecule has 1 amide bonds. The Labute approximate surface area is 120 Å². The molecule has 0 heterocycles. The molecule has 0 aliphatic rings. The molecule has 1 N–H and O–H groups in total. The summed E-state index contributed by atoms with van der Waals surface area (Å²) in [5, 5.41) is 2.69. The number of ether oxygens (including phenoxy) is 2. The molecule has 1 atom stereocenters. The predicted molar refractivity (Wildman–Crippen MR) is 73.7 cm³/mol. The van der Waals surface area contributed by atoms with Crippen molar-refractivity contribution in [3.05, 3.63) is 28.5 Å². The zero-order chi connectivity index (χ0) is 14.3. The van der Waals surface area contributed by atoms with Gasteiger partial charge in [0.15, 0.2) is 17.7 Å². The average Bonchev–Trinajstić information content (AvgIpc) is 2.38. The van der Waals surface area contributed by atoms with Crippen LogP contribution in [-0.2, 0) is 9.53 Å². The third-order valence-electron chi connectivity index (χ3n) is 2.39. The number of rotatable bonds is 7. The number of halogens is 2. The molecule has 6 heteroatoms. The molecule has 1 aromatic carbocycles. The van der Waals surface area contributed by atoms with Gasteiger partial charge < -0.3 is 14.8 Å². The summed E-state index contributed by atoms with van der Waals surface area (Å²) in [5.74, 6) is -0.730. The van der Waals surface area contributed by atoms with Gasteiger partial charge in [-0.25, -0.2) is 4.39 Å². The Morgan fingerprint density at radius 1 is 1.53 bits per heavy atom. The number of hydrogen-bond acceptors (Lipinski definition) is 3. The first-order valence-electron chi connectivity index (χ1n) is 5.93. The second kappa shape index (κ2) is 8.12. The maximum Gasteiger partial charge on any atom is 0.260 e. The molecule has 0 aliphatic heterocycles. The molecule has 0 spiro atoms. The molecule has 0 bridgehead atoms. The van der Waals surface area contributed by atoms with Crippen LogP contribution in [0.15, 0.2) is 22.7 Å². The van der Waals surface area contributed by atoms with Crippen LogP contribution in [0.3, 0.4) is 0 Å². The third-order valence-corrected chi connectivity index (χ3v) is 2.88. The monoisotopic (exact) mass is 333 g/mol. The van der Waals surface area contributed by atoms with Crippen LogP contribution in [-0.4, -0.2) is 32.3 Å². The Bertz CT molecular complexity index is 428. The molecule has 1 aromatic rings. The van der Waals surface area contributed by atoms with Crippen molar-refractivity contribution in [1.29, 1.82) is 0 Å². The topological polar surface area (TPSA) is 47.6 Å². The van der Waals surface area contributed by atoms with Gasteiger partial charge in [0.2, 0.25) is 0 Å². The van der Waals surface area contributed by atoms with E-state index < -0.39 is 11.9 Å². The first kappa shape index (κ1) is 15.9. The highest BCUT2D eigenvalue weighted by Crippen LogP contribution is 2.23. The smallest absolute Gasteiger partial charge is 0.260 e. The van der Waals surface area contributed by atoms with Gasteiger partial charge in [-0.2, -0.15) is 0 Å². The number of amides is 1. The maximum atomic E-state index is 13.5. The van der Waals surface area contributed by atoms with Gasteiger partial charge in [0.05, 0.1) is 0 Å². The van der Waals surface area contributed by atoms with Gasteiger partial charge in [-0.15, -0.1) is 0 Å². The third kappa shape index (κ3) is 5.57. The van der Waals surface area contributed by atoms with E-state index in [0.717, 1.165) is 6.42 Å². The van der Waals surface area contributed by atoms with E-state index in [2.05, 4.69) is 21.2 Å². The molecule has 19 heavy (non-hydrogen) atoms. The van der Waals surface area contributed by atoms with Crippen molar-refractivity contribution in [2.24, 2.45) is 0 Å². The van der Waals surface area contributed by atoms with E-state index in [1.54, 1.807) is 20.1 Å². The van der Waals surface area contributed by atoms with Gasteiger partial charge in [-0.05, 0) is 31.5 Å². The first-order chi connectivity index (χ1) is 9.04. The zero-order valence-electron chi connectivity index (χ0n) is 10.9. The molecule has 0 aromatic heterocycles. The number of hydrogen-bond donors (Lipinski definition) is 1. The lowest BCUT2D eigenvalue weighted by Crippen LogP contribution is -2.37. The summed E-state index contributed by atoms with van der Waals surface area (Å²) >= 11 is 3.22. The summed E-state index contributed by atoms with van der Waals surface area (Å²) in [7, 11) is 1.60. The van der Waals surface area contributed by atoms with Gasteiger partial charge in [0.1, 0.15) is 0 Å². The van der Waals surface area contributed by atoms with Crippen LogP contribution in [0.5, 0.6) is 5.75 Å². The van der Waals surface area contributed by atoms with Crippen LogP contribution in [0, 0.1) is 5.82 Å². The molecule has 0 fully saturated rings. The van der Waals surface area contributed by atoms with Crippen molar-refractivity contribution in [1.82, 2.24) is 5.32 Å². The Morgan fingerprint density at radius 3 is 2.95 bits per heavy atom. The Morgan fingerprint density at radius 2 is 2.26 bits per heavy atom. The van der Waals surface area contributed by atoms with Crippen LogP contribution in [0.2, 0.25) is 0 Å². The van der Waals surface area contributed by atoms with Crippen LogP contribution < -0.4 is 10.1 Å². The number of carbonyl (C=O) groups is 1. The first-order valence-corrected chi connectivity index (χ1v) is 6.72. The minimum Gasteiger partial charge on any atom is -0.478 e. The molecule has 0 radical (unpaired) electrons. The normalized spacial score (nSPS) is 12.0. The number of nitrogens with one attached hydrogen (secondary N) is 1. The average molecular weight is 334 g/mol. The zero-order valence-corrected chi connectivity index (χ0v) is 12.5. The Balaban J connectivity index is 2.47. The van der Waals surface area contributed by atoms with Gasteiger partial charge in [-0.3, -0.25) is 4.79 Å². The summed E-state index contributed by atoms with van der Waals surface area (Å²) in [5.41, 5.74) is 0. The Kier molecular flexibility index (Phi) is 6.80. The molecule has 0 aliphatic carbocycles. The minimum atomic E-state index is -0.758. The lowest BCUT2D eigenvalue weighted by molar-refractivity contribution is -0.127. The summed E-state index contributed by atoms with van der Waals surface area (Å²) < 4.78 is 24.3. The van der Waals surface area contributed by atoms with Crippen molar-refractivity contribution in [3.8, 4) is 5.75 Å². The van der Waals surface area contributed by atoms with Crippen LogP contribution in [0.25, 0.3) is 0 Å². The van der Waals surface area contributed by atoms with Crippen LogP contribution in [0.4, 0.5) is 4.39 Å². The molecule has 0 saturated heterocycles. The summed E-state index contributed by atoms with van der Waals surface area (Å²) in [6.07, 6.45) is -0.0356.